The van der Waals surface area contributed by atoms with Gasteiger partial charge >= 0.3 is 0 Å². The Bertz CT molecular complexity index is 1630. The van der Waals surface area contributed by atoms with Crippen LogP contribution in [0.1, 0.15) is 0 Å². The summed E-state index contributed by atoms with van der Waals surface area (Å²) in [4.78, 5) is 0. The first-order chi connectivity index (χ1) is 16.2. The van der Waals surface area contributed by atoms with Crippen LogP contribution in [0.3, 0.4) is 0 Å². The van der Waals surface area contributed by atoms with Crippen molar-refractivity contribution in [3.05, 3.63) is 114 Å². The predicted octanol–water partition coefficient (Wildman–Crippen LogP) is 9.06. The molecular weight excluding hydrogens is 472 g/mol. The monoisotopic (exact) mass is 490 g/mol. The van der Waals surface area contributed by atoms with Gasteiger partial charge in [0.1, 0.15) is 16.9 Å². The van der Waals surface area contributed by atoms with Crippen molar-refractivity contribution in [2.45, 2.75) is 0 Å². The summed E-state index contributed by atoms with van der Waals surface area (Å²) in [6.07, 6.45) is 0. The Hall–Kier alpha value is -3.82. The highest BCUT2D eigenvalue weighted by Gasteiger charge is 2.23. The quantitative estimate of drug-likeness (QED) is 0.268. The highest BCUT2D eigenvalue weighted by atomic mass is 79.9. The second-order valence-electron chi connectivity index (χ2n) is 8.01. The van der Waals surface area contributed by atoms with Crippen LogP contribution in [0.4, 0.5) is 0 Å². The van der Waals surface area contributed by atoms with Gasteiger partial charge < -0.3 is 9.52 Å². The van der Waals surface area contributed by atoms with E-state index in [9.17, 15) is 5.11 Å². The van der Waals surface area contributed by atoms with Crippen molar-refractivity contribution in [1.29, 1.82) is 0 Å². The molecule has 6 rings (SSSR count). The molecule has 0 unspecified atom stereocenters. The van der Waals surface area contributed by atoms with Crippen LogP contribution < -0.4 is 0 Å². The fourth-order valence-electron chi connectivity index (χ4n) is 4.60. The van der Waals surface area contributed by atoms with Crippen molar-refractivity contribution < 1.29 is 9.52 Å². The Morgan fingerprint density at radius 1 is 0.606 bits per heavy atom. The summed E-state index contributed by atoms with van der Waals surface area (Å²) < 4.78 is 7.40. The van der Waals surface area contributed by atoms with Crippen molar-refractivity contribution in [2.24, 2.45) is 0 Å². The maximum absolute atomic E-state index is 10.9. The molecule has 0 fully saturated rings. The molecule has 0 aliphatic heterocycles. The molecule has 3 heteroatoms. The van der Waals surface area contributed by atoms with Crippen LogP contribution in [0.5, 0.6) is 5.75 Å². The number of phenols is 1. The number of hydrogen-bond donors (Lipinski definition) is 1. The number of para-hydroxylation sites is 2. The smallest absolute Gasteiger partial charge is 0.145 e. The molecule has 0 spiro atoms. The zero-order valence-corrected chi connectivity index (χ0v) is 19.2. The summed E-state index contributed by atoms with van der Waals surface area (Å²) in [6, 6.07) is 36.4. The number of furan rings is 1. The molecule has 0 amide bonds. The molecule has 6 aromatic rings. The second kappa shape index (κ2) is 7.95. The van der Waals surface area contributed by atoms with E-state index in [0.29, 0.717) is 0 Å². The Morgan fingerprint density at radius 3 is 2.03 bits per heavy atom. The first-order valence-corrected chi connectivity index (χ1v) is 11.6. The van der Waals surface area contributed by atoms with Crippen LogP contribution in [0, 0.1) is 0 Å². The molecule has 1 N–H and O–H groups in total. The number of hydrogen-bond acceptors (Lipinski definition) is 2. The first kappa shape index (κ1) is 19.8. The minimum Gasteiger partial charge on any atom is -0.507 e. The highest BCUT2D eigenvalue weighted by Crippen LogP contribution is 2.48. The molecule has 0 saturated heterocycles. The summed E-state index contributed by atoms with van der Waals surface area (Å²) in [5, 5.41) is 12.9. The molecule has 0 atom stereocenters. The Morgan fingerprint density at radius 2 is 1.24 bits per heavy atom. The van der Waals surface area contributed by atoms with E-state index in [1.54, 1.807) is 6.07 Å². The number of aromatic hydroxyl groups is 1. The van der Waals surface area contributed by atoms with Crippen molar-refractivity contribution in [3.63, 3.8) is 0 Å². The largest absolute Gasteiger partial charge is 0.507 e. The van der Waals surface area contributed by atoms with Crippen molar-refractivity contribution >= 4 is 37.9 Å². The molecule has 1 heterocycles. The van der Waals surface area contributed by atoms with Gasteiger partial charge in [-0.05, 0) is 56.4 Å². The zero-order valence-electron chi connectivity index (χ0n) is 17.6. The van der Waals surface area contributed by atoms with Gasteiger partial charge in [-0.25, -0.2) is 0 Å². The fourth-order valence-corrected chi connectivity index (χ4v) is 5.23. The van der Waals surface area contributed by atoms with E-state index in [1.165, 1.54) is 0 Å². The molecule has 158 valence electrons. The van der Waals surface area contributed by atoms with Crippen LogP contribution >= 0.6 is 15.9 Å². The Labute approximate surface area is 199 Å². The number of halogens is 1. The lowest BCUT2D eigenvalue weighted by molar-refractivity contribution is 0.477. The number of benzene rings is 5. The van der Waals surface area contributed by atoms with E-state index in [1.807, 2.05) is 48.5 Å². The SMILES string of the molecule is Oc1ccccc1-c1c(-c2ccccc2-c2ccccc2)cc(Br)c2c1oc1ccccc12. The molecule has 0 bridgehead atoms. The Kier molecular flexibility index (Phi) is 4.78. The van der Waals surface area contributed by atoms with Gasteiger partial charge in [-0.15, -0.1) is 0 Å². The van der Waals surface area contributed by atoms with E-state index >= 15 is 0 Å². The summed E-state index contributed by atoms with van der Waals surface area (Å²) in [7, 11) is 0. The molecule has 5 aromatic carbocycles. The van der Waals surface area contributed by atoms with Crippen LogP contribution in [-0.2, 0) is 0 Å². The average molecular weight is 491 g/mol. The molecule has 0 radical (unpaired) electrons. The summed E-state index contributed by atoms with van der Waals surface area (Å²) in [6.45, 7) is 0. The third kappa shape index (κ3) is 3.24. The van der Waals surface area contributed by atoms with Gasteiger partial charge in [0.15, 0.2) is 0 Å². The van der Waals surface area contributed by atoms with E-state index in [0.717, 1.165) is 59.8 Å². The second-order valence-corrected chi connectivity index (χ2v) is 8.87. The van der Waals surface area contributed by atoms with Crippen LogP contribution in [-0.4, -0.2) is 5.11 Å². The van der Waals surface area contributed by atoms with E-state index in [2.05, 4.69) is 70.5 Å². The molecule has 33 heavy (non-hydrogen) atoms. The predicted molar refractivity (Wildman–Crippen MR) is 139 cm³/mol. The lowest BCUT2D eigenvalue weighted by Gasteiger charge is -2.17. The molecule has 0 aliphatic carbocycles. The standard InChI is InChI=1S/C30H19BrO2/c31-25-18-24(21-13-5-4-12-20(21)19-10-2-1-3-11-19)28(22-14-6-8-16-26(22)32)30-29(25)23-15-7-9-17-27(23)33-30/h1-18,32H. The minimum absolute atomic E-state index is 0.222. The van der Waals surface area contributed by atoms with E-state index in [4.69, 9.17) is 4.42 Å². The molecule has 0 saturated carbocycles. The van der Waals surface area contributed by atoms with Crippen molar-refractivity contribution in [2.75, 3.05) is 0 Å². The first-order valence-electron chi connectivity index (χ1n) is 10.8. The lowest BCUT2D eigenvalue weighted by Crippen LogP contribution is -1.91. The van der Waals surface area contributed by atoms with E-state index in [-0.39, 0.29) is 5.75 Å². The number of rotatable bonds is 3. The fraction of sp³-hybridized carbons (Fsp3) is 0. The molecule has 2 nitrogen and oxygen atoms in total. The topological polar surface area (TPSA) is 33.4 Å². The maximum atomic E-state index is 10.9. The minimum atomic E-state index is 0.222. The molecule has 1 aromatic heterocycles. The Balaban J connectivity index is 1.78. The molecule has 0 aliphatic rings. The summed E-state index contributed by atoms with van der Waals surface area (Å²) >= 11 is 3.83. The third-order valence-electron chi connectivity index (χ3n) is 6.08. The van der Waals surface area contributed by atoms with Gasteiger partial charge in [0.05, 0.1) is 0 Å². The van der Waals surface area contributed by atoms with Crippen LogP contribution in [0.15, 0.2) is 118 Å². The maximum Gasteiger partial charge on any atom is 0.145 e. The highest BCUT2D eigenvalue weighted by molar-refractivity contribution is 9.10. The summed E-state index contributed by atoms with van der Waals surface area (Å²) in [5.74, 6) is 0.222. The third-order valence-corrected chi connectivity index (χ3v) is 6.70. The van der Waals surface area contributed by atoms with Crippen LogP contribution in [0.2, 0.25) is 0 Å². The van der Waals surface area contributed by atoms with Gasteiger partial charge in [-0.3, -0.25) is 0 Å². The normalized spacial score (nSPS) is 11.3. The zero-order chi connectivity index (χ0) is 22.4. The molecular formula is C30H19BrO2. The lowest BCUT2D eigenvalue weighted by atomic mass is 9.88. The van der Waals surface area contributed by atoms with E-state index < -0.39 is 0 Å². The van der Waals surface area contributed by atoms with Gasteiger partial charge in [0.2, 0.25) is 0 Å². The summed E-state index contributed by atoms with van der Waals surface area (Å²) in [5.41, 5.74) is 7.52. The van der Waals surface area contributed by atoms with Gasteiger partial charge in [0.25, 0.3) is 0 Å². The van der Waals surface area contributed by atoms with Gasteiger partial charge in [-0.2, -0.15) is 0 Å². The number of fused-ring (bicyclic) bond motifs is 3. The van der Waals surface area contributed by atoms with Crippen molar-refractivity contribution in [1.82, 2.24) is 0 Å². The average Bonchev–Trinajstić information content (AvgIpc) is 3.25. The van der Waals surface area contributed by atoms with Gasteiger partial charge in [0, 0.05) is 26.4 Å². The number of phenolic OH excluding ortho intramolecular Hbond substituents is 1. The van der Waals surface area contributed by atoms with Crippen molar-refractivity contribution in [3.8, 4) is 39.1 Å². The van der Waals surface area contributed by atoms with Gasteiger partial charge in [-0.1, -0.05) is 91.0 Å². The van der Waals surface area contributed by atoms with Crippen LogP contribution in [0.25, 0.3) is 55.3 Å².